The van der Waals surface area contributed by atoms with Crippen molar-refractivity contribution < 1.29 is 18.0 Å². The first-order valence-corrected chi connectivity index (χ1v) is 10.4. The number of benzene rings is 2. The second-order valence-corrected chi connectivity index (χ2v) is 8.05. The van der Waals surface area contributed by atoms with E-state index in [1.807, 2.05) is 0 Å². The number of H-pyrrole nitrogens is 1. The molecule has 0 saturated heterocycles. The monoisotopic (exact) mass is 439 g/mol. The van der Waals surface area contributed by atoms with Gasteiger partial charge >= 0.3 is 0 Å². The van der Waals surface area contributed by atoms with Gasteiger partial charge in [-0.3, -0.25) is 9.48 Å². The van der Waals surface area contributed by atoms with Gasteiger partial charge in [-0.2, -0.15) is 5.10 Å². The van der Waals surface area contributed by atoms with Crippen LogP contribution in [0.3, 0.4) is 0 Å². The molecule has 9 heteroatoms. The molecule has 1 saturated carbocycles. The number of hydrogen-bond donors (Lipinski definition) is 2. The summed E-state index contributed by atoms with van der Waals surface area (Å²) in [6.07, 6.45) is 4.14. The third kappa shape index (κ3) is 3.74. The van der Waals surface area contributed by atoms with Crippen molar-refractivity contribution in [2.24, 2.45) is 5.92 Å². The molecule has 2 aromatic carbocycles. The molecule has 6 nitrogen and oxygen atoms in total. The third-order valence-electron chi connectivity index (χ3n) is 6.02. The van der Waals surface area contributed by atoms with E-state index in [1.54, 1.807) is 23.1 Å². The first-order valence-electron chi connectivity index (χ1n) is 10.4. The van der Waals surface area contributed by atoms with Crippen molar-refractivity contribution in [2.75, 3.05) is 6.54 Å². The number of fused-ring (bicyclic) bond motifs is 1. The van der Waals surface area contributed by atoms with Crippen LogP contribution in [0.4, 0.5) is 13.2 Å². The SMILES string of the molecule is O=C(NCCn1cncn1)[C@H]1C[C@H](c2c(-c3ccc(F)cc3)[nH]c3c(F)cc(F)cc32)C1. The highest BCUT2D eigenvalue weighted by Crippen LogP contribution is 2.48. The number of nitrogens with one attached hydrogen (secondary N) is 2. The molecule has 2 aromatic heterocycles. The van der Waals surface area contributed by atoms with Crippen molar-refractivity contribution in [3.05, 3.63) is 72.1 Å². The van der Waals surface area contributed by atoms with E-state index in [0.717, 1.165) is 11.6 Å². The zero-order valence-electron chi connectivity index (χ0n) is 17.0. The van der Waals surface area contributed by atoms with Gasteiger partial charge in [0.1, 0.15) is 30.1 Å². The highest BCUT2D eigenvalue weighted by atomic mass is 19.1. The molecule has 0 radical (unpaired) electrons. The summed E-state index contributed by atoms with van der Waals surface area (Å²) in [6.45, 7) is 0.964. The number of carbonyl (C=O) groups excluding carboxylic acids is 1. The number of nitrogens with zero attached hydrogens (tertiary/aromatic N) is 3. The molecule has 1 fully saturated rings. The van der Waals surface area contributed by atoms with E-state index in [0.29, 0.717) is 42.6 Å². The Hall–Kier alpha value is -3.62. The number of aromatic amines is 1. The molecule has 5 rings (SSSR count). The minimum atomic E-state index is -0.684. The van der Waals surface area contributed by atoms with Crippen LogP contribution in [0.5, 0.6) is 0 Å². The Morgan fingerprint density at radius 1 is 1.12 bits per heavy atom. The van der Waals surface area contributed by atoms with Crippen LogP contribution in [0.1, 0.15) is 24.3 Å². The van der Waals surface area contributed by atoms with Crippen LogP contribution in [0.15, 0.2) is 49.1 Å². The Bertz CT molecular complexity index is 1260. The molecule has 32 heavy (non-hydrogen) atoms. The van der Waals surface area contributed by atoms with Crippen molar-refractivity contribution in [1.29, 1.82) is 0 Å². The molecule has 0 unspecified atom stereocenters. The van der Waals surface area contributed by atoms with Gasteiger partial charge in [0, 0.05) is 23.9 Å². The van der Waals surface area contributed by atoms with Crippen LogP contribution in [-0.2, 0) is 11.3 Å². The van der Waals surface area contributed by atoms with Crippen molar-refractivity contribution in [3.63, 3.8) is 0 Å². The van der Waals surface area contributed by atoms with Gasteiger partial charge < -0.3 is 10.3 Å². The molecule has 1 amide bonds. The molecule has 164 valence electrons. The molecule has 0 aliphatic heterocycles. The second-order valence-electron chi connectivity index (χ2n) is 8.05. The lowest BCUT2D eigenvalue weighted by atomic mass is 9.70. The van der Waals surface area contributed by atoms with Gasteiger partial charge in [0.2, 0.25) is 5.91 Å². The van der Waals surface area contributed by atoms with Gasteiger partial charge in [0.25, 0.3) is 0 Å². The molecule has 2 N–H and O–H groups in total. The Morgan fingerprint density at radius 3 is 2.62 bits per heavy atom. The van der Waals surface area contributed by atoms with Gasteiger partial charge in [0.15, 0.2) is 0 Å². The molecule has 0 atom stereocenters. The van der Waals surface area contributed by atoms with Crippen molar-refractivity contribution >= 4 is 16.8 Å². The fraction of sp³-hybridized carbons (Fsp3) is 0.261. The highest BCUT2D eigenvalue weighted by Gasteiger charge is 2.38. The summed E-state index contributed by atoms with van der Waals surface area (Å²) in [5.41, 5.74) is 2.27. The van der Waals surface area contributed by atoms with E-state index >= 15 is 0 Å². The average Bonchev–Trinajstić information content (AvgIpc) is 3.36. The Kier molecular flexibility index (Phi) is 5.16. The van der Waals surface area contributed by atoms with Crippen LogP contribution < -0.4 is 5.32 Å². The maximum Gasteiger partial charge on any atom is 0.223 e. The van der Waals surface area contributed by atoms with Crippen molar-refractivity contribution in [1.82, 2.24) is 25.1 Å². The Morgan fingerprint density at radius 2 is 1.91 bits per heavy atom. The van der Waals surface area contributed by atoms with E-state index in [2.05, 4.69) is 20.4 Å². The first kappa shape index (κ1) is 20.3. The van der Waals surface area contributed by atoms with E-state index in [-0.39, 0.29) is 29.1 Å². The molecule has 1 aliphatic carbocycles. The van der Waals surface area contributed by atoms with Gasteiger partial charge in [-0.25, -0.2) is 18.2 Å². The summed E-state index contributed by atoms with van der Waals surface area (Å²) in [6, 6.07) is 8.00. The van der Waals surface area contributed by atoms with Crippen LogP contribution in [0, 0.1) is 23.4 Å². The number of carbonyl (C=O) groups is 1. The maximum atomic E-state index is 14.5. The summed E-state index contributed by atoms with van der Waals surface area (Å²) in [7, 11) is 0. The van der Waals surface area contributed by atoms with Gasteiger partial charge in [-0.15, -0.1) is 0 Å². The summed E-state index contributed by atoms with van der Waals surface area (Å²) < 4.78 is 43.5. The molecule has 4 aromatic rings. The predicted molar refractivity (Wildman–Crippen MR) is 112 cm³/mol. The Labute approximate surface area is 181 Å². The van der Waals surface area contributed by atoms with Crippen molar-refractivity contribution in [2.45, 2.75) is 25.3 Å². The number of aromatic nitrogens is 4. The quantitative estimate of drug-likeness (QED) is 0.474. The molecule has 1 aliphatic rings. The van der Waals surface area contributed by atoms with Crippen molar-refractivity contribution in [3.8, 4) is 11.3 Å². The maximum absolute atomic E-state index is 14.5. The molecule has 0 bridgehead atoms. The summed E-state index contributed by atoms with van der Waals surface area (Å²) in [5, 5.41) is 7.35. The fourth-order valence-electron chi connectivity index (χ4n) is 4.36. The molecule has 0 spiro atoms. The summed E-state index contributed by atoms with van der Waals surface area (Å²) >= 11 is 0. The highest BCUT2D eigenvalue weighted by molar-refractivity contribution is 5.92. The summed E-state index contributed by atoms with van der Waals surface area (Å²) in [4.78, 5) is 19.4. The lowest BCUT2D eigenvalue weighted by molar-refractivity contribution is -0.128. The number of rotatable bonds is 6. The van der Waals surface area contributed by atoms with Crippen LogP contribution >= 0.6 is 0 Å². The van der Waals surface area contributed by atoms with Gasteiger partial charge in [-0.1, -0.05) is 0 Å². The summed E-state index contributed by atoms with van der Waals surface area (Å²) in [5.74, 6) is -2.01. The number of amides is 1. The van der Waals surface area contributed by atoms with E-state index in [9.17, 15) is 18.0 Å². The topological polar surface area (TPSA) is 75.6 Å². The third-order valence-corrected chi connectivity index (χ3v) is 6.02. The zero-order chi connectivity index (χ0) is 22.2. The van der Waals surface area contributed by atoms with Gasteiger partial charge in [-0.05, 0) is 60.2 Å². The van der Waals surface area contributed by atoms with Crippen LogP contribution in [-0.4, -0.2) is 32.2 Å². The van der Waals surface area contributed by atoms with E-state index in [1.165, 1.54) is 24.5 Å². The Balaban J connectivity index is 1.37. The lowest BCUT2D eigenvalue weighted by Gasteiger charge is -2.35. The molecule has 2 heterocycles. The zero-order valence-corrected chi connectivity index (χ0v) is 17.0. The van der Waals surface area contributed by atoms with Crippen LogP contribution in [0.2, 0.25) is 0 Å². The predicted octanol–water partition coefficient (Wildman–Crippen LogP) is 4.15. The van der Waals surface area contributed by atoms with Gasteiger partial charge in [0.05, 0.1) is 17.8 Å². The number of halogens is 3. The molecular formula is C23H20F3N5O. The fourth-order valence-corrected chi connectivity index (χ4v) is 4.36. The lowest BCUT2D eigenvalue weighted by Crippen LogP contribution is -2.39. The first-order chi connectivity index (χ1) is 15.5. The largest absolute Gasteiger partial charge is 0.354 e. The molecular weight excluding hydrogens is 419 g/mol. The van der Waals surface area contributed by atoms with E-state index < -0.39 is 11.6 Å². The minimum Gasteiger partial charge on any atom is -0.354 e. The smallest absolute Gasteiger partial charge is 0.223 e. The average molecular weight is 439 g/mol. The number of hydrogen-bond acceptors (Lipinski definition) is 3. The van der Waals surface area contributed by atoms with E-state index in [4.69, 9.17) is 0 Å². The minimum absolute atomic E-state index is 0.0453. The van der Waals surface area contributed by atoms with Crippen LogP contribution in [0.25, 0.3) is 22.2 Å². The normalized spacial score (nSPS) is 18.0. The standard InChI is InChI=1S/C23H20F3N5O/c24-16-3-1-13(2-4-16)21-20(18-9-17(25)10-19(26)22(18)30-21)14-7-15(8-14)23(32)28-5-6-31-12-27-11-29-31/h1-4,9-12,14-15,30H,5-8H2,(H,28,32)/t14-,15-. The second kappa shape index (κ2) is 8.14.